The van der Waals surface area contributed by atoms with Crippen LogP contribution in [0.25, 0.3) is 17.0 Å². The lowest BCUT2D eigenvalue weighted by Gasteiger charge is -2.47. The van der Waals surface area contributed by atoms with E-state index in [4.69, 9.17) is 19.0 Å². The predicted octanol–water partition coefficient (Wildman–Crippen LogP) is 5.45. The van der Waals surface area contributed by atoms with Gasteiger partial charge in [-0.05, 0) is 78.2 Å². The van der Waals surface area contributed by atoms with Crippen LogP contribution in [0.1, 0.15) is 86.6 Å². The molecule has 306 valence electrons. The molecular formula is C43H65N3O9. The summed E-state index contributed by atoms with van der Waals surface area (Å²) in [4.78, 5) is 40.2. The van der Waals surface area contributed by atoms with Crippen LogP contribution in [-0.2, 0) is 28.6 Å². The molecule has 0 radical (unpaired) electrons. The monoisotopic (exact) mass is 767 g/mol. The molecule has 1 aliphatic heterocycles. The highest BCUT2D eigenvalue weighted by Crippen LogP contribution is 2.40. The summed E-state index contributed by atoms with van der Waals surface area (Å²) in [5.41, 5.74) is -0.701. The first kappa shape index (κ1) is 44.6. The molecule has 1 saturated carbocycles. The molecule has 1 saturated heterocycles. The lowest BCUT2D eigenvalue weighted by molar-refractivity contribution is -0.296. The molecule has 0 bridgehead atoms. The van der Waals surface area contributed by atoms with Crippen molar-refractivity contribution in [3.63, 3.8) is 0 Å². The predicted molar refractivity (Wildman–Crippen MR) is 213 cm³/mol. The van der Waals surface area contributed by atoms with Crippen LogP contribution in [0.15, 0.2) is 47.8 Å². The number of pyridine rings is 1. The van der Waals surface area contributed by atoms with E-state index in [0.29, 0.717) is 18.6 Å². The van der Waals surface area contributed by atoms with Crippen molar-refractivity contribution in [2.24, 2.45) is 34.7 Å². The zero-order chi connectivity index (χ0) is 40.8. The van der Waals surface area contributed by atoms with Crippen molar-refractivity contribution in [2.75, 3.05) is 27.8 Å². The van der Waals surface area contributed by atoms with Gasteiger partial charge in [0, 0.05) is 41.8 Å². The Morgan fingerprint density at radius 2 is 1.76 bits per heavy atom. The molecule has 2 aromatic rings. The Bertz CT molecular complexity index is 1660. The number of ketones is 2. The number of benzene rings is 1. The largest absolute Gasteiger partial charge is 0.399 e. The van der Waals surface area contributed by atoms with Crippen LogP contribution in [0.3, 0.4) is 0 Å². The van der Waals surface area contributed by atoms with E-state index >= 15 is 0 Å². The third-order valence-electron chi connectivity index (χ3n) is 12.1. The highest BCUT2D eigenvalue weighted by molar-refractivity contribution is 6.03. The van der Waals surface area contributed by atoms with Crippen LogP contribution in [0.2, 0.25) is 0 Å². The second-order valence-corrected chi connectivity index (χ2v) is 16.6. The molecule has 0 spiro atoms. The SMILES string of the molecule is CC[C@H]1CC(=O)[C@H](C)C(=O)[C@H](C)[C@@H](O[C@@H]2O[C@H](C)C[C@H](N(C)C)[C@H]2O)[C@@](C)(OC/C=C/c2cnc3ccccc3c2)C[C@@H](C)/C(=N\OC)[C@H](C)[C@@H](O)[C@]1(C)O. The molecule has 2 aliphatic rings. The third kappa shape index (κ3) is 10.3. The first-order chi connectivity index (χ1) is 25.9. The topological polar surface area (TPSA) is 160 Å². The number of likely N-dealkylation sites (N-methyl/N-ethyl adjacent to an activating group) is 1. The Balaban J connectivity index is 1.83. The number of fused-ring (bicyclic) bond motifs is 1. The fourth-order valence-electron chi connectivity index (χ4n) is 8.68. The van der Waals surface area contributed by atoms with Crippen molar-refractivity contribution < 1.29 is 44.0 Å². The first-order valence-electron chi connectivity index (χ1n) is 19.7. The van der Waals surface area contributed by atoms with E-state index in [-0.39, 0.29) is 43.2 Å². The van der Waals surface area contributed by atoms with E-state index in [2.05, 4.69) is 10.1 Å². The first-order valence-corrected chi connectivity index (χ1v) is 19.7. The molecule has 4 rings (SSSR count). The van der Waals surface area contributed by atoms with Gasteiger partial charge in [0.25, 0.3) is 0 Å². The summed E-state index contributed by atoms with van der Waals surface area (Å²) >= 11 is 0. The molecule has 13 atom stereocenters. The minimum Gasteiger partial charge on any atom is -0.399 e. The van der Waals surface area contributed by atoms with Gasteiger partial charge in [-0.15, -0.1) is 0 Å². The molecular weight excluding hydrogens is 702 g/mol. The van der Waals surface area contributed by atoms with E-state index in [1.54, 1.807) is 27.0 Å². The molecule has 1 aromatic heterocycles. The summed E-state index contributed by atoms with van der Waals surface area (Å²) in [6.07, 6.45) is 1.93. The fourth-order valence-corrected chi connectivity index (χ4v) is 8.68. The summed E-state index contributed by atoms with van der Waals surface area (Å²) in [5.74, 6) is -4.40. The number of aromatic nitrogens is 1. The summed E-state index contributed by atoms with van der Waals surface area (Å²) in [7, 11) is 5.21. The minimum absolute atomic E-state index is 0.109. The van der Waals surface area contributed by atoms with Gasteiger partial charge in [0.2, 0.25) is 0 Å². The molecule has 12 heteroatoms. The van der Waals surface area contributed by atoms with Crippen LogP contribution in [0, 0.1) is 29.6 Å². The number of hydrogen-bond donors (Lipinski definition) is 3. The summed E-state index contributed by atoms with van der Waals surface area (Å²) in [5, 5.41) is 40.6. The van der Waals surface area contributed by atoms with Crippen LogP contribution in [0.4, 0.5) is 0 Å². The summed E-state index contributed by atoms with van der Waals surface area (Å²) < 4.78 is 19.9. The normalized spacial score (nSPS) is 38.2. The van der Waals surface area contributed by atoms with Gasteiger partial charge in [0.05, 0.1) is 53.3 Å². The minimum atomic E-state index is -1.68. The van der Waals surface area contributed by atoms with Crippen molar-refractivity contribution in [1.82, 2.24) is 9.88 Å². The number of carbonyl (C=O) groups is 2. The number of aliphatic hydroxyl groups excluding tert-OH is 2. The quantitative estimate of drug-likeness (QED) is 0.220. The average molecular weight is 768 g/mol. The van der Waals surface area contributed by atoms with E-state index in [9.17, 15) is 24.9 Å². The molecule has 0 amide bonds. The molecule has 1 aliphatic carbocycles. The molecule has 3 N–H and O–H groups in total. The van der Waals surface area contributed by atoms with Crippen LogP contribution in [-0.4, -0.2) is 118 Å². The summed E-state index contributed by atoms with van der Waals surface area (Å²) in [6, 6.07) is 9.63. The van der Waals surface area contributed by atoms with Crippen molar-refractivity contribution in [2.45, 2.75) is 129 Å². The fraction of sp³-hybridized carbons (Fsp3) is 0.674. The van der Waals surface area contributed by atoms with Crippen molar-refractivity contribution >= 4 is 34.3 Å². The Hall–Kier alpha value is -3.10. The van der Waals surface area contributed by atoms with E-state index in [1.165, 1.54) is 14.0 Å². The summed E-state index contributed by atoms with van der Waals surface area (Å²) in [6.45, 7) is 14.3. The Morgan fingerprint density at radius 3 is 2.42 bits per heavy atom. The maximum atomic E-state index is 14.5. The van der Waals surface area contributed by atoms with E-state index < -0.39 is 65.4 Å². The highest BCUT2D eigenvalue weighted by Gasteiger charge is 2.51. The molecule has 1 aromatic carbocycles. The lowest BCUT2D eigenvalue weighted by atomic mass is 9.70. The van der Waals surface area contributed by atoms with Gasteiger partial charge in [-0.3, -0.25) is 14.6 Å². The Labute approximate surface area is 327 Å². The van der Waals surface area contributed by atoms with Gasteiger partial charge >= 0.3 is 0 Å². The zero-order valence-corrected chi connectivity index (χ0v) is 34.6. The van der Waals surface area contributed by atoms with Gasteiger partial charge < -0.3 is 39.3 Å². The average Bonchev–Trinajstić information content (AvgIpc) is 3.15. The van der Waals surface area contributed by atoms with E-state index in [1.807, 2.05) is 89.2 Å². The van der Waals surface area contributed by atoms with Crippen molar-refractivity contribution in [3.05, 3.63) is 48.2 Å². The maximum Gasteiger partial charge on any atom is 0.185 e. The van der Waals surface area contributed by atoms with Crippen LogP contribution < -0.4 is 0 Å². The number of carbonyl (C=O) groups excluding carboxylic acids is 2. The standard InChI is InChI=1S/C43H65N3O9/c1-12-32-22-35(47)27(4)37(48)29(6)40(55-41-38(49)34(46(9)10)20-26(3)54-41)42(7,23-25(2)36(45-52-11)28(5)39(50)43(32,8)51)53-19-15-16-30-21-31-17-13-14-18-33(31)44-24-30/h13-18,21,24-29,32,34,38-41,49-51H,12,19-20,22-23H2,1-11H3/b16-15+,45-36+/t25-,26-,27+,28+,29+,32+,34+,38-,39-,40-,41+,42+,43-/m1/s1. The highest BCUT2D eigenvalue weighted by atomic mass is 16.7. The number of oxime groups is 1. The van der Waals surface area contributed by atoms with Crippen molar-refractivity contribution in [3.8, 4) is 0 Å². The van der Waals surface area contributed by atoms with Gasteiger partial charge in [-0.25, -0.2) is 0 Å². The molecule has 55 heavy (non-hydrogen) atoms. The smallest absolute Gasteiger partial charge is 0.185 e. The Morgan fingerprint density at radius 1 is 1.07 bits per heavy atom. The number of para-hydroxylation sites is 1. The molecule has 0 unspecified atom stereocenters. The van der Waals surface area contributed by atoms with Gasteiger partial charge in [-0.1, -0.05) is 69.6 Å². The maximum absolute atomic E-state index is 14.5. The lowest BCUT2D eigenvalue weighted by Crippen LogP contribution is -2.59. The zero-order valence-electron chi connectivity index (χ0n) is 34.6. The number of nitrogens with zero attached hydrogens (tertiary/aromatic N) is 3. The van der Waals surface area contributed by atoms with Crippen molar-refractivity contribution in [1.29, 1.82) is 0 Å². The van der Waals surface area contributed by atoms with E-state index in [0.717, 1.165) is 16.5 Å². The number of rotatable bonds is 9. The number of Topliss-reactive ketones (excluding diaryl/α,β-unsaturated/α-hetero) is 2. The van der Waals surface area contributed by atoms with Gasteiger partial charge in [0.1, 0.15) is 24.8 Å². The number of ether oxygens (including phenoxy) is 3. The van der Waals surface area contributed by atoms with Crippen LogP contribution in [0.5, 0.6) is 0 Å². The second-order valence-electron chi connectivity index (χ2n) is 16.6. The second kappa shape index (κ2) is 18.9. The number of aliphatic hydroxyl groups is 3. The van der Waals surface area contributed by atoms with Gasteiger partial charge in [0.15, 0.2) is 6.29 Å². The molecule has 12 nitrogen and oxygen atoms in total. The molecule has 2 fully saturated rings. The van der Waals surface area contributed by atoms with Gasteiger partial charge in [-0.2, -0.15) is 0 Å². The number of hydrogen-bond acceptors (Lipinski definition) is 12. The molecule has 2 heterocycles. The third-order valence-corrected chi connectivity index (χ3v) is 12.1. The van der Waals surface area contributed by atoms with Crippen LogP contribution >= 0.6 is 0 Å². The Kier molecular flexibility index (Phi) is 15.3.